The Morgan fingerprint density at radius 3 is 2.74 bits per heavy atom. The van der Waals surface area contributed by atoms with Gasteiger partial charge in [-0.15, -0.1) is 10.2 Å². The molecule has 1 aliphatic heterocycles. The lowest BCUT2D eigenvalue weighted by Gasteiger charge is -2.11. The Balaban J connectivity index is 1.47. The zero-order chi connectivity index (χ0) is 21.8. The molecule has 2 aromatic carbocycles. The second-order valence-electron chi connectivity index (χ2n) is 7.29. The molecule has 0 saturated heterocycles. The van der Waals surface area contributed by atoms with Crippen LogP contribution in [0.4, 0.5) is 5.69 Å². The van der Waals surface area contributed by atoms with Gasteiger partial charge in [-0.3, -0.25) is 9.52 Å². The summed E-state index contributed by atoms with van der Waals surface area (Å²) in [4.78, 5) is 12.6. The number of rotatable bonds is 6. The largest absolute Gasteiger partial charge is 0.345 e. The molecule has 162 valence electrons. The van der Waals surface area contributed by atoms with E-state index in [1.54, 1.807) is 30.3 Å². The van der Waals surface area contributed by atoms with Crippen LogP contribution in [0, 0.1) is 0 Å². The first-order valence-corrected chi connectivity index (χ1v) is 11.9. The first-order chi connectivity index (χ1) is 14.9. The van der Waals surface area contributed by atoms with Gasteiger partial charge in [0.15, 0.2) is 5.82 Å². The minimum Gasteiger partial charge on any atom is -0.345 e. The molecule has 4 rings (SSSR count). The maximum atomic E-state index is 12.7. The Morgan fingerprint density at radius 1 is 1.06 bits per heavy atom. The fourth-order valence-electron chi connectivity index (χ4n) is 3.49. The molecule has 0 bridgehead atoms. The highest BCUT2D eigenvalue weighted by Gasteiger charge is 2.19. The number of para-hydroxylation sites is 1. The molecule has 1 aromatic heterocycles. The zero-order valence-corrected chi connectivity index (χ0v) is 18.3. The maximum Gasteiger partial charge on any atom is 0.261 e. The van der Waals surface area contributed by atoms with Crippen LogP contribution in [0.1, 0.15) is 41.3 Å². The smallest absolute Gasteiger partial charge is 0.261 e. The van der Waals surface area contributed by atoms with E-state index in [0.29, 0.717) is 5.82 Å². The summed E-state index contributed by atoms with van der Waals surface area (Å²) >= 11 is 6.05. The SMILES string of the molecule is O=C(NCc1nnc2n1CCCCC2)c1cccc(S(=O)(=O)Nc2ccccc2Cl)c1. The topological polar surface area (TPSA) is 106 Å². The fourth-order valence-corrected chi connectivity index (χ4v) is 4.85. The molecule has 0 aliphatic carbocycles. The third-order valence-corrected chi connectivity index (χ3v) is 6.81. The molecule has 0 fully saturated rings. The van der Waals surface area contributed by atoms with Crippen molar-refractivity contribution in [1.29, 1.82) is 0 Å². The lowest BCUT2D eigenvalue weighted by atomic mass is 10.2. The van der Waals surface area contributed by atoms with Gasteiger partial charge in [-0.1, -0.05) is 36.2 Å². The van der Waals surface area contributed by atoms with Crippen LogP contribution in [0.3, 0.4) is 0 Å². The highest BCUT2D eigenvalue weighted by molar-refractivity contribution is 7.92. The monoisotopic (exact) mass is 459 g/mol. The number of aryl methyl sites for hydroxylation is 1. The Bertz CT molecular complexity index is 1210. The van der Waals surface area contributed by atoms with Gasteiger partial charge in [0.25, 0.3) is 15.9 Å². The number of hydrogen-bond donors (Lipinski definition) is 2. The van der Waals surface area contributed by atoms with E-state index in [1.807, 2.05) is 0 Å². The average Bonchev–Trinajstić information content (AvgIpc) is 2.99. The number of sulfonamides is 1. The highest BCUT2D eigenvalue weighted by atomic mass is 35.5. The summed E-state index contributed by atoms with van der Waals surface area (Å²) in [5.41, 5.74) is 0.504. The second kappa shape index (κ2) is 9.07. The van der Waals surface area contributed by atoms with Crippen molar-refractivity contribution < 1.29 is 13.2 Å². The summed E-state index contributed by atoms with van der Waals surface area (Å²) in [6.07, 6.45) is 4.19. The fraction of sp³-hybridized carbons (Fsp3) is 0.286. The Morgan fingerprint density at radius 2 is 1.90 bits per heavy atom. The van der Waals surface area contributed by atoms with E-state index in [0.717, 1.165) is 38.1 Å². The van der Waals surface area contributed by atoms with E-state index in [1.165, 1.54) is 18.2 Å². The summed E-state index contributed by atoms with van der Waals surface area (Å²) in [6, 6.07) is 12.4. The van der Waals surface area contributed by atoms with E-state index >= 15 is 0 Å². The van der Waals surface area contributed by atoms with Crippen LogP contribution < -0.4 is 10.0 Å². The van der Waals surface area contributed by atoms with E-state index in [9.17, 15) is 13.2 Å². The van der Waals surface area contributed by atoms with Crippen LogP contribution in [0.5, 0.6) is 0 Å². The third-order valence-electron chi connectivity index (χ3n) is 5.12. The predicted molar refractivity (Wildman–Crippen MR) is 117 cm³/mol. The molecule has 3 aromatic rings. The van der Waals surface area contributed by atoms with Gasteiger partial charge >= 0.3 is 0 Å². The molecule has 2 heterocycles. The van der Waals surface area contributed by atoms with Gasteiger partial charge in [0, 0.05) is 18.5 Å². The van der Waals surface area contributed by atoms with Gasteiger partial charge in [-0.25, -0.2) is 8.42 Å². The lowest BCUT2D eigenvalue weighted by Crippen LogP contribution is -2.25. The van der Waals surface area contributed by atoms with E-state index in [2.05, 4.69) is 24.8 Å². The molecule has 0 radical (unpaired) electrons. The molecule has 0 atom stereocenters. The normalized spacial score (nSPS) is 13.8. The van der Waals surface area contributed by atoms with Crippen molar-refractivity contribution in [2.45, 2.75) is 43.7 Å². The number of benzene rings is 2. The zero-order valence-electron chi connectivity index (χ0n) is 16.7. The van der Waals surface area contributed by atoms with Gasteiger partial charge < -0.3 is 9.88 Å². The van der Waals surface area contributed by atoms with Crippen LogP contribution >= 0.6 is 11.6 Å². The molecule has 31 heavy (non-hydrogen) atoms. The molecular formula is C21H22ClN5O3S. The number of fused-ring (bicyclic) bond motifs is 1. The number of hydrogen-bond acceptors (Lipinski definition) is 5. The van der Waals surface area contributed by atoms with E-state index in [4.69, 9.17) is 11.6 Å². The number of nitrogens with zero attached hydrogens (tertiary/aromatic N) is 3. The molecule has 0 spiro atoms. The molecule has 0 saturated carbocycles. The first kappa shape index (κ1) is 21.3. The number of halogens is 1. The van der Waals surface area contributed by atoms with Gasteiger partial charge in [-0.2, -0.15) is 0 Å². The number of carbonyl (C=O) groups excluding carboxylic acids is 1. The van der Waals surface area contributed by atoms with Crippen LogP contribution in [-0.2, 0) is 29.5 Å². The van der Waals surface area contributed by atoms with Crippen molar-refractivity contribution in [3.63, 3.8) is 0 Å². The molecular weight excluding hydrogens is 438 g/mol. The number of nitrogens with one attached hydrogen (secondary N) is 2. The first-order valence-electron chi connectivity index (χ1n) is 10.0. The Kier molecular flexibility index (Phi) is 6.24. The summed E-state index contributed by atoms with van der Waals surface area (Å²) < 4.78 is 30.0. The van der Waals surface area contributed by atoms with Crippen molar-refractivity contribution in [3.8, 4) is 0 Å². The number of anilines is 1. The summed E-state index contributed by atoms with van der Waals surface area (Å²) in [7, 11) is -3.91. The lowest BCUT2D eigenvalue weighted by molar-refractivity contribution is 0.0949. The molecule has 0 unspecified atom stereocenters. The van der Waals surface area contributed by atoms with Crippen LogP contribution in [-0.4, -0.2) is 29.1 Å². The van der Waals surface area contributed by atoms with Crippen molar-refractivity contribution in [1.82, 2.24) is 20.1 Å². The standard InChI is InChI=1S/C21H22ClN5O3S/c22-17-9-3-4-10-18(17)26-31(29,30)16-8-6-7-15(13-16)21(28)23-14-20-25-24-19-11-2-1-5-12-27(19)20/h3-4,6-10,13,26H,1-2,5,11-12,14H2,(H,23,28). The highest BCUT2D eigenvalue weighted by Crippen LogP contribution is 2.24. The predicted octanol–water partition coefficient (Wildman–Crippen LogP) is 3.39. The summed E-state index contributed by atoms with van der Waals surface area (Å²) in [5, 5.41) is 11.5. The molecule has 2 N–H and O–H groups in total. The molecule has 1 aliphatic rings. The third kappa shape index (κ3) is 4.88. The second-order valence-corrected chi connectivity index (χ2v) is 9.38. The van der Waals surface area contributed by atoms with Crippen LogP contribution in [0.2, 0.25) is 5.02 Å². The minimum absolute atomic E-state index is 0.0311. The van der Waals surface area contributed by atoms with Gasteiger partial charge in [0.05, 0.1) is 22.2 Å². The average molecular weight is 460 g/mol. The number of aromatic nitrogens is 3. The van der Waals surface area contributed by atoms with Gasteiger partial charge in [0.2, 0.25) is 0 Å². The molecule has 8 nitrogen and oxygen atoms in total. The van der Waals surface area contributed by atoms with Crippen LogP contribution in [0.25, 0.3) is 0 Å². The Hall–Kier alpha value is -2.91. The van der Waals surface area contributed by atoms with Crippen molar-refractivity contribution in [2.75, 3.05) is 4.72 Å². The number of amides is 1. The van der Waals surface area contributed by atoms with E-state index < -0.39 is 10.0 Å². The van der Waals surface area contributed by atoms with E-state index in [-0.39, 0.29) is 33.6 Å². The molecule has 1 amide bonds. The van der Waals surface area contributed by atoms with Crippen molar-refractivity contribution in [2.24, 2.45) is 0 Å². The minimum atomic E-state index is -3.91. The summed E-state index contributed by atoms with van der Waals surface area (Å²) in [6.45, 7) is 1.07. The quantitative estimate of drug-likeness (QED) is 0.587. The Labute approximate surface area is 185 Å². The van der Waals surface area contributed by atoms with Gasteiger partial charge in [0.1, 0.15) is 5.82 Å². The number of carbonyl (C=O) groups is 1. The van der Waals surface area contributed by atoms with Crippen molar-refractivity contribution in [3.05, 3.63) is 70.8 Å². The van der Waals surface area contributed by atoms with Crippen molar-refractivity contribution >= 4 is 33.2 Å². The maximum absolute atomic E-state index is 12.7. The van der Waals surface area contributed by atoms with Crippen LogP contribution in [0.15, 0.2) is 53.4 Å². The molecule has 10 heteroatoms. The van der Waals surface area contributed by atoms with Gasteiger partial charge in [-0.05, 0) is 43.2 Å². The summed E-state index contributed by atoms with van der Waals surface area (Å²) in [5.74, 6) is 1.26.